The van der Waals surface area contributed by atoms with Gasteiger partial charge < -0.3 is 5.32 Å². The Morgan fingerprint density at radius 2 is 2.12 bits per heavy atom. The van der Waals surface area contributed by atoms with Crippen molar-refractivity contribution >= 4 is 0 Å². The molecule has 2 heteroatoms. The fourth-order valence-electron chi connectivity index (χ4n) is 1.79. The van der Waals surface area contributed by atoms with Crippen LogP contribution in [0.4, 0.5) is 4.39 Å². The van der Waals surface area contributed by atoms with Gasteiger partial charge in [-0.15, -0.1) is 0 Å². The smallest absolute Gasteiger partial charge is 0.126 e. The molecule has 0 aromatic heterocycles. The Morgan fingerprint density at radius 1 is 1.44 bits per heavy atom. The molecule has 1 unspecified atom stereocenters. The summed E-state index contributed by atoms with van der Waals surface area (Å²) in [6.45, 7) is 7.21. The van der Waals surface area contributed by atoms with E-state index in [-0.39, 0.29) is 11.9 Å². The van der Waals surface area contributed by atoms with Gasteiger partial charge in [0.05, 0.1) is 0 Å². The van der Waals surface area contributed by atoms with Gasteiger partial charge in [-0.3, -0.25) is 0 Å². The summed E-state index contributed by atoms with van der Waals surface area (Å²) >= 11 is 0. The Labute approximate surface area is 97.1 Å². The minimum Gasteiger partial charge on any atom is -0.310 e. The molecule has 0 aliphatic heterocycles. The van der Waals surface area contributed by atoms with Crippen molar-refractivity contribution in [2.45, 2.75) is 39.7 Å². The number of halogens is 1. The zero-order valence-electron chi connectivity index (χ0n) is 10.3. The second-order valence-corrected chi connectivity index (χ2v) is 5.42. The third-order valence-corrected chi connectivity index (χ3v) is 3.63. The summed E-state index contributed by atoms with van der Waals surface area (Å²) in [5.74, 6) is -0.108. The summed E-state index contributed by atoms with van der Waals surface area (Å²) in [6, 6.07) is 5.72. The van der Waals surface area contributed by atoms with Gasteiger partial charge in [-0.05, 0) is 49.3 Å². The van der Waals surface area contributed by atoms with E-state index in [1.807, 2.05) is 12.1 Å². The van der Waals surface area contributed by atoms with Gasteiger partial charge >= 0.3 is 0 Å². The van der Waals surface area contributed by atoms with Crippen LogP contribution in [0.25, 0.3) is 0 Å². The van der Waals surface area contributed by atoms with Crippen LogP contribution in [0.15, 0.2) is 18.2 Å². The zero-order valence-corrected chi connectivity index (χ0v) is 10.3. The molecule has 1 N–H and O–H groups in total. The van der Waals surface area contributed by atoms with Crippen molar-refractivity contribution in [2.75, 3.05) is 6.54 Å². The first-order valence-corrected chi connectivity index (χ1v) is 6.00. The molecule has 0 bridgehead atoms. The lowest BCUT2D eigenvalue weighted by molar-refractivity contribution is 0.456. The molecule has 1 aromatic rings. The number of hydrogen-bond acceptors (Lipinski definition) is 1. The Balaban J connectivity index is 1.97. The van der Waals surface area contributed by atoms with Crippen LogP contribution in [0, 0.1) is 18.2 Å². The van der Waals surface area contributed by atoms with Gasteiger partial charge in [0.25, 0.3) is 0 Å². The van der Waals surface area contributed by atoms with E-state index in [0.717, 1.165) is 12.1 Å². The first-order chi connectivity index (χ1) is 7.50. The van der Waals surface area contributed by atoms with Gasteiger partial charge in [0.1, 0.15) is 5.82 Å². The van der Waals surface area contributed by atoms with E-state index in [4.69, 9.17) is 0 Å². The molecule has 1 aliphatic carbocycles. The number of hydrogen-bond donors (Lipinski definition) is 1. The van der Waals surface area contributed by atoms with Crippen LogP contribution in [0.1, 0.15) is 43.9 Å². The Hall–Kier alpha value is -0.890. The summed E-state index contributed by atoms with van der Waals surface area (Å²) in [7, 11) is 0. The molecule has 1 atom stereocenters. The van der Waals surface area contributed by atoms with Crippen LogP contribution in [0.2, 0.25) is 0 Å². The Kier molecular flexibility index (Phi) is 3.02. The summed E-state index contributed by atoms with van der Waals surface area (Å²) in [6.07, 6.45) is 2.63. The molecule has 0 saturated heterocycles. The molecule has 2 rings (SSSR count). The van der Waals surface area contributed by atoms with E-state index < -0.39 is 0 Å². The normalized spacial score (nSPS) is 19.5. The molecule has 1 aliphatic rings. The van der Waals surface area contributed by atoms with Crippen LogP contribution < -0.4 is 5.32 Å². The second-order valence-electron chi connectivity index (χ2n) is 5.42. The highest BCUT2D eigenvalue weighted by Gasteiger charge is 2.36. The van der Waals surface area contributed by atoms with E-state index in [9.17, 15) is 4.39 Å². The van der Waals surface area contributed by atoms with Crippen molar-refractivity contribution in [2.24, 2.45) is 5.41 Å². The molecule has 0 heterocycles. The van der Waals surface area contributed by atoms with E-state index >= 15 is 0 Å². The molecule has 1 fully saturated rings. The predicted octanol–water partition coefficient (Wildman–Crippen LogP) is 3.58. The second kappa shape index (κ2) is 4.17. The van der Waals surface area contributed by atoms with Crippen molar-refractivity contribution in [1.82, 2.24) is 5.32 Å². The van der Waals surface area contributed by atoms with Gasteiger partial charge in [-0.1, -0.05) is 19.1 Å². The molecule has 0 amide bonds. The van der Waals surface area contributed by atoms with Crippen molar-refractivity contribution in [3.63, 3.8) is 0 Å². The molecule has 0 spiro atoms. The highest BCUT2D eigenvalue weighted by atomic mass is 19.1. The average Bonchev–Trinajstić information content (AvgIpc) is 2.98. The summed E-state index contributed by atoms with van der Waals surface area (Å²) in [5, 5.41) is 3.48. The molecular weight excluding hydrogens is 201 g/mol. The van der Waals surface area contributed by atoms with Gasteiger partial charge in [-0.25, -0.2) is 4.39 Å². The molecule has 1 nitrogen and oxygen atoms in total. The maximum Gasteiger partial charge on any atom is 0.126 e. The lowest BCUT2D eigenvalue weighted by atomic mass is 10.0. The minimum absolute atomic E-state index is 0.108. The molecule has 88 valence electrons. The standard InChI is InChI=1S/C14H20FN/c1-10-4-5-12(8-13(10)15)11(2)16-9-14(3)6-7-14/h4-5,8,11,16H,6-7,9H2,1-3H3. The summed E-state index contributed by atoms with van der Waals surface area (Å²) in [5.41, 5.74) is 2.25. The molecule has 1 aromatic carbocycles. The van der Waals surface area contributed by atoms with E-state index in [1.54, 1.807) is 13.0 Å². The zero-order chi connectivity index (χ0) is 11.8. The fraction of sp³-hybridized carbons (Fsp3) is 0.571. The van der Waals surface area contributed by atoms with E-state index in [0.29, 0.717) is 11.0 Å². The van der Waals surface area contributed by atoms with Crippen LogP contribution in [-0.4, -0.2) is 6.54 Å². The lowest BCUT2D eigenvalue weighted by Gasteiger charge is -2.17. The molecule has 0 radical (unpaired) electrons. The third-order valence-electron chi connectivity index (χ3n) is 3.63. The SMILES string of the molecule is Cc1ccc(C(C)NCC2(C)CC2)cc1F. The Morgan fingerprint density at radius 3 is 2.69 bits per heavy atom. The lowest BCUT2D eigenvalue weighted by Crippen LogP contribution is -2.25. The van der Waals surface area contributed by atoms with Gasteiger partial charge in [0, 0.05) is 12.6 Å². The number of nitrogens with one attached hydrogen (secondary N) is 1. The highest BCUT2D eigenvalue weighted by Crippen LogP contribution is 2.44. The highest BCUT2D eigenvalue weighted by molar-refractivity contribution is 5.25. The van der Waals surface area contributed by atoms with Crippen LogP contribution in [0.3, 0.4) is 0 Å². The fourth-order valence-corrected chi connectivity index (χ4v) is 1.79. The van der Waals surface area contributed by atoms with Crippen molar-refractivity contribution in [1.29, 1.82) is 0 Å². The number of rotatable bonds is 4. The van der Waals surface area contributed by atoms with Crippen molar-refractivity contribution in [3.8, 4) is 0 Å². The maximum absolute atomic E-state index is 13.4. The van der Waals surface area contributed by atoms with Crippen LogP contribution in [-0.2, 0) is 0 Å². The topological polar surface area (TPSA) is 12.0 Å². The first kappa shape index (κ1) is 11.6. The minimum atomic E-state index is -0.108. The average molecular weight is 221 g/mol. The number of benzene rings is 1. The molecule has 16 heavy (non-hydrogen) atoms. The van der Waals surface area contributed by atoms with E-state index in [2.05, 4.69) is 19.2 Å². The molecule has 1 saturated carbocycles. The van der Waals surface area contributed by atoms with Crippen LogP contribution in [0.5, 0.6) is 0 Å². The quantitative estimate of drug-likeness (QED) is 0.819. The van der Waals surface area contributed by atoms with Crippen LogP contribution >= 0.6 is 0 Å². The van der Waals surface area contributed by atoms with Gasteiger partial charge in [0.2, 0.25) is 0 Å². The van der Waals surface area contributed by atoms with Crippen molar-refractivity contribution in [3.05, 3.63) is 35.1 Å². The third kappa shape index (κ3) is 2.62. The maximum atomic E-state index is 13.4. The van der Waals surface area contributed by atoms with Gasteiger partial charge in [0.15, 0.2) is 0 Å². The first-order valence-electron chi connectivity index (χ1n) is 6.00. The largest absolute Gasteiger partial charge is 0.310 e. The van der Waals surface area contributed by atoms with E-state index in [1.165, 1.54) is 12.8 Å². The summed E-state index contributed by atoms with van der Waals surface area (Å²) < 4.78 is 13.4. The number of aryl methyl sites for hydroxylation is 1. The van der Waals surface area contributed by atoms with Crippen molar-refractivity contribution < 1.29 is 4.39 Å². The van der Waals surface area contributed by atoms with Gasteiger partial charge in [-0.2, -0.15) is 0 Å². The Bertz CT molecular complexity index is 382. The molecular formula is C14H20FN. The monoisotopic (exact) mass is 221 g/mol. The predicted molar refractivity (Wildman–Crippen MR) is 64.9 cm³/mol. The summed E-state index contributed by atoms with van der Waals surface area (Å²) in [4.78, 5) is 0.